The lowest BCUT2D eigenvalue weighted by molar-refractivity contribution is 0.104. The highest BCUT2D eigenvalue weighted by molar-refractivity contribution is 6.09. The third-order valence-corrected chi connectivity index (χ3v) is 3.75. The van der Waals surface area contributed by atoms with Gasteiger partial charge in [0.1, 0.15) is 0 Å². The van der Waals surface area contributed by atoms with Gasteiger partial charge in [-0.1, -0.05) is 78.4 Å². The van der Waals surface area contributed by atoms with E-state index in [9.17, 15) is 4.79 Å². The normalized spacial score (nSPS) is 11.1. The van der Waals surface area contributed by atoms with Crippen LogP contribution in [0.4, 0.5) is 5.69 Å². The van der Waals surface area contributed by atoms with Gasteiger partial charge in [0.25, 0.3) is 0 Å². The molecule has 0 aromatic heterocycles. The number of carbonyl (C=O) groups is 1. The molecule has 0 spiro atoms. The molecule has 3 rings (SSSR count). The molecule has 0 fully saturated rings. The molecule has 0 aliphatic carbocycles. The smallest absolute Gasteiger partial charge is 0.187 e. The van der Waals surface area contributed by atoms with Crippen molar-refractivity contribution in [3.63, 3.8) is 0 Å². The van der Waals surface area contributed by atoms with Crippen LogP contribution in [0.15, 0.2) is 91.0 Å². The van der Waals surface area contributed by atoms with Gasteiger partial charge in [-0.15, -0.1) is 0 Å². The summed E-state index contributed by atoms with van der Waals surface area (Å²) in [5.41, 5.74) is 4.58. The molecule has 0 bridgehead atoms. The van der Waals surface area contributed by atoms with Gasteiger partial charge in [0.2, 0.25) is 0 Å². The summed E-state index contributed by atoms with van der Waals surface area (Å²) < 4.78 is 0. The maximum atomic E-state index is 12.6. The second-order valence-corrected chi connectivity index (χ2v) is 5.65. The minimum Gasteiger partial charge on any atom is -0.355 e. The zero-order valence-corrected chi connectivity index (χ0v) is 13.6. The van der Waals surface area contributed by atoms with Crippen molar-refractivity contribution < 1.29 is 4.79 Å². The number of rotatable bonds is 5. The lowest BCUT2D eigenvalue weighted by atomic mass is 10.1. The molecule has 0 heterocycles. The summed E-state index contributed by atoms with van der Waals surface area (Å²) in [5.74, 6) is -0.0189. The summed E-state index contributed by atoms with van der Waals surface area (Å²) in [4.78, 5) is 12.6. The minimum absolute atomic E-state index is 0.0189. The number of anilines is 1. The number of hydrogen-bond donors (Lipinski definition) is 1. The summed E-state index contributed by atoms with van der Waals surface area (Å²) in [6.45, 7) is 2.05. The number of para-hydroxylation sites is 1. The molecule has 0 saturated heterocycles. The molecule has 1 N–H and O–H groups in total. The molecule has 3 aromatic carbocycles. The van der Waals surface area contributed by atoms with Crippen LogP contribution in [0, 0.1) is 6.92 Å². The van der Waals surface area contributed by atoms with Crippen LogP contribution in [0.3, 0.4) is 0 Å². The van der Waals surface area contributed by atoms with Gasteiger partial charge in [-0.05, 0) is 24.6 Å². The van der Waals surface area contributed by atoms with E-state index >= 15 is 0 Å². The van der Waals surface area contributed by atoms with Crippen molar-refractivity contribution in [2.24, 2.45) is 0 Å². The van der Waals surface area contributed by atoms with E-state index in [1.807, 2.05) is 91.9 Å². The van der Waals surface area contributed by atoms with Crippen LogP contribution in [0.2, 0.25) is 0 Å². The van der Waals surface area contributed by atoms with Crippen molar-refractivity contribution in [2.75, 3.05) is 5.32 Å². The van der Waals surface area contributed by atoms with Gasteiger partial charge in [-0.2, -0.15) is 0 Å². The Balaban J connectivity index is 1.96. The number of allylic oxidation sites excluding steroid dienone is 1. The Kier molecular flexibility index (Phi) is 4.87. The summed E-state index contributed by atoms with van der Waals surface area (Å²) in [6.07, 6.45) is 1.66. The standard InChI is InChI=1S/C22H19NO/c1-17-12-14-18(15-13-17)21(23-20-10-6-3-7-11-20)16-22(24)19-8-4-2-5-9-19/h2-16,23H,1H3. The summed E-state index contributed by atoms with van der Waals surface area (Å²) >= 11 is 0. The monoisotopic (exact) mass is 313 g/mol. The molecule has 0 aliphatic heterocycles. The van der Waals surface area contributed by atoms with E-state index in [-0.39, 0.29) is 5.78 Å². The quantitative estimate of drug-likeness (QED) is 0.509. The fourth-order valence-electron chi connectivity index (χ4n) is 2.42. The molecule has 0 aliphatic rings. The van der Waals surface area contributed by atoms with Crippen molar-refractivity contribution in [2.45, 2.75) is 6.92 Å². The third-order valence-electron chi connectivity index (χ3n) is 3.75. The first-order valence-corrected chi connectivity index (χ1v) is 7.92. The molecule has 24 heavy (non-hydrogen) atoms. The highest BCUT2D eigenvalue weighted by Gasteiger charge is 2.07. The van der Waals surface area contributed by atoms with Crippen LogP contribution < -0.4 is 5.32 Å². The second kappa shape index (κ2) is 7.42. The third kappa shape index (κ3) is 3.99. The minimum atomic E-state index is -0.0189. The maximum absolute atomic E-state index is 12.6. The molecule has 0 amide bonds. The van der Waals surface area contributed by atoms with Crippen molar-refractivity contribution >= 4 is 17.2 Å². The average Bonchev–Trinajstić information content (AvgIpc) is 2.63. The number of hydrogen-bond acceptors (Lipinski definition) is 2. The van der Waals surface area contributed by atoms with Gasteiger partial charge in [0.05, 0.1) is 0 Å². The highest BCUT2D eigenvalue weighted by atomic mass is 16.1. The van der Waals surface area contributed by atoms with Gasteiger partial charge in [0.15, 0.2) is 5.78 Å². The molecular weight excluding hydrogens is 294 g/mol. The molecule has 0 radical (unpaired) electrons. The Morgan fingerprint density at radius 3 is 1.96 bits per heavy atom. The van der Waals surface area contributed by atoms with Crippen LogP contribution in [0.5, 0.6) is 0 Å². The SMILES string of the molecule is Cc1ccc(C(=CC(=O)c2ccccc2)Nc2ccccc2)cc1. The van der Waals surface area contributed by atoms with Crippen LogP contribution >= 0.6 is 0 Å². The van der Waals surface area contributed by atoms with E-state index in [1.54, 1.807) is 6.08 Å². The largest absolute Gasteiger partial charge is 0.355 e. The molecule has 0 saturated carbocycles. The Bertz CT molecular complexity index is 834. The van der Waals surface area contributed by atoms with E-state index in [2.05, 4.69) is 5.32 Å². The number of ketones is 1. The number of aryl methyl sites for hydroxylation is 1. The first-order chi connectivity index (χ1) is 11.7. The van der Waals surface area contributed by atoms with Gasteiger partial charge in [-0.3, -0.25) is 4.79 Å². The second-order valence-electron chi connectivity index (χ2n) is 5.65. The molecule has 2 nitrogen and oxygen atoms in total. The molecule has 0 atom stereocenters. The Morgan fingerprint density at radius 1 is 0.750 bits per heavy atom. The average molecular weight is 313 g/mol. The predicted molar refractivity (Wildman–Crippen MR) is 100.0 cm³/mol. The Hall–Kier alpha value is -3.13. The summed E-state index contributed by atoms with van der Waals surface area (Å²) in [5, 5.41) is 3.36. The fraction of sp³-hybridized carbons (Fsp3) is 0.0455. The number of carbonyl (C=O) groups excluding carboxylic acids is 1. The number of nitrogens with one attached hydrogen (secondary N) is 1. The van der Waals surface area contributed by atoms with Crippen LogP contribution in [-0.4, -0.2) is 5.78 Å². The molecular formula is C22H19NO. The van der Waals surface area contributed by atoms with Gasteiger partial charge >= 0.3 is 0 Å². The Morgan fingerprint density at radius 2 is 1.33 bits per heavy atom. The van der Waals surface area contributed by atoms with Crippen molar-refractivity contribution in [3.05, 3.63) is 108 Å². The van der Waals surface area contributed by atoms with Crippen molar-refractivity contribution in [1.82, 2.24) is 0 Å². The van der Waals surface area contributed by atoms with Crippen LogP contribution in [0.25, 0.3) is 5.70 Å². The fourth-order valence-corrected chi connectivity index (χ4v) is 2.42. The van der Waals surface area contributed by atoms with Gasteiger partial charge < -0.3 is 5.32 Å². The van der Waals surface area contributed by atoms with E-state index in [0.717, 1.165) is 16.9 Å². The summed E-state index contributed by atoms with van der Waals surface area (Å²) in [7, 11) is 0. The Labute approximate surface area is 142 Å². The first kappa shape index (κ1) is 15.8. The highest BCUT2D eigenvalue weighted by Crippen LogP contribution is 2.20. The molecule has 2 heteroatoms. The van der Waals surface area contributed by atoms with E-state index in [1.165, 1.54) is 5.56 Å². The van der Waals surface area contributed by atoms with E-state index in [0.29, 0.717) is 5.56 Å². The first-order valence-electron chi connectivity index (χ1n) is 7.92. The zero-order valence-electron chi connectivity index (χ0n) is 13.6. The van der Waals surface area contributed by atoms with E-state index < -0.39 is 0 Å². The maximum Gasteiger partial charge on any atom is 0.187 e. The molecule has 118 valence electrons. The van der Waals surface area contributed by atoms with Crippen molar-refractivity contribution in [1.29, 1.82) is 0 Å². The zero-order chi connectivity index (χ0) is 16.8. The summed E-state index contributed by atoms with van der Waals surface area (Å²) in [6, 6.07) is 27.3. The number of benzene rings is 3. The van der Waals surface area contributed by atoms with E-state index in [4.69, 9.17) is 0 Å². The van der Waals surface area contributed by atoms with Crippen LogP contribution in [-0.2, 0) is 0 Å². The predicted octanol–water partition coefficient (Wildman–Crippen LogP) is 5.33. The van der Waals surface area contributed by atoms with Gasteiger partial charge in [0, 0.05) is 23.0 Å². The van der Waals surface area contributed by atoms with Gasteiger partial charge in [-0.25, -0.2) is 0 Å². The molecule has 3 aromatic rings. The van der Waals surface area contributed by atoms with Crippen molar-refractivity contribution in [3.8, 4) is 0 Å². The topological polar surface area (TPSA) is 29.1 Å². The molecule has 0 unspecified atom stereocenters. The lowest BCUT2D eigenvalue weighted by Crippen LogP contribution is -2.03. The lowest BCUT2D eigenvalue weighted by Gasteiger charge is -2.12. The van der Waals surface area contributed by atoms with Crippen LogP contribution in [0.1, 0.15) is 21.5 Å².